The zero-order valence-corrected chi connectivity index (χ0v) is 27.7. The summed E-state index contributed by atoms with van der Waals surface area (Å²) in [5, 5.41) is 11.2. The molecule has 0 spiro atoms. The summed E-state index contributed by atoms with van der Waals surface area (Å²) in [7, 11) is 0. The van der Waals surface area contributed by atoms with E-state index in [1.165, 1.54) is 37.9 Å². The van der Waals surface area contributed by atoms with Crippen LogP contribution in [0, 0.1) is 0 Å². The van der Waals surface area contributed by atoms with Gasteiger partial charge in [0.05, 0.1) is 34.7 Å². The third-order valence-corrected chi connectivity index (χ3v) is 10.1. The van der Waals surface area contributed by atoms with Crippen LogP contribution in [0.4, 0.5) is 0 Å². The Morgan fingerprint density at radius 3 is 2.20 bits per heavy atom. The van der Waals surface area contributed by atoms with Crippen LogP contribution in [0.25, 0.3) is 77.1 Å². The van der Waals surface area contributed by atoms with Crippen LogP contribution >= 0.6 is 0 Å². The molecule has 0 fully saturated rings. The van der Waals surface area contributed by atoms with Crippen molar-refractivity contribution >= 4 is 49.0 Å². The van der Waals surface area contributed by atoms with Gasteiger partial charge in [0.25, 0.3) is 0 Å². The molecule has 6 aromatic carbocycles. The van der Waals surface area contributed by atoms with E-state index in [1.54, 1.807) is 0 Å². The van der Waals surface area contributed by atoms with E-state index in [9.17, 15) is 0 Å². The molecule has 1 aliphatic rings. The maximum absolute atomic E-state index is 5.33. The number of benzene rings is 6. The first-order valence-corrected chi connectivity index (χ1v) is 17.4. The summed E-state index contributed by atoms with van der Waals surface area (Å²) in [5.74, 6) is 0. The van der Waals surface area contributed by atoms with Crippen LogP contribution < -0.4 is 5.32 Å². The van der Waals surface area contributed by atoms with E-state index >= 15 is 0 Å². The van der Waals surface area contributed by atoms with Gasteiger partial charge in [-0.3, -0.25) is 9.97 Å². The second-order valence-corrected chi connectivity index (χ2v) is 13.1. The van der Waals surface area contributed by atoms with Gasteiger partial charge in [-0.05, 0) is 87.3 Å². The molecule has 4 heteroatoms. The Morgan fingerprint density at radius 1 is 0.549 bits per heavy atom. The minimum Gasteiger partial charge on any atom is -0.373 e. The third kappa shape index (κ3) is 5.00. The van der Waals surface area contributed by atoms with Crippen molar-refractivity contribution in [1.29, 1.82) is 0 Å². The molecule has 4 nitrogen and oxygen atoms in total. The minimum absolute atomic E-state index is 0.0876. The summed E-state index contributed by atoms with van der Waals surface area (Å²) < 4.78 is 2.33. The fourth-order valence-electron chi connectivity index (χ4n) is 7.71. The zero-order chi connectivity index (χ0) is 33.7. The average Bonchev–Trinajstić information content (AvgIpc) is 3.55. The predicted molar refractivity (Wildman–Crippen MR) is 212 cm³/mol. The molecule has 0 saturated carbocycles. The number of rotatable bonds is 5. The number of para-hydroxylation sites is 1. The normalized spacial score (nSPS) is 14.3. The van der Waals surface area contributed by atoms with Crippen LogP contribution in [0.1, 0.15) is 17.3 Å². The molecule has 51 heavy (non-hydrogen) atoms. The molecule has 3 aromatic heterocycles. The van der Waals surface area contributed by atoms with E-state index in [0.29, 0.717) is 0 Å². The van der Waals surface area contributed by atoms with Crippen LogP contribution in [0.2, 0.25) is 0 Å². The molecular formula is C47H32N4. The van der Waals surface area contributed by atoms with Gasteiger partial charge >= 0.3 is 0 Å². The van der Waals surface area contributed by atoms with Crippen LogP contribution in [0.15, 0.2) is 182 Å². The van der Waals surface area contributed by atoms with Crippen molar-refractivity contribution in [3.05, 3.63) is 194 Å². The van der Waals surface area contributed by atoms with Gasteiger partial charge in [0.15, 0.2) is 0 Å². The first-order chi connectivity index (χ1) is 25.3. The lowest BCUT2D eigenvalue weighted by molar-refractivity contribution is 0.738. The number of hydrogen-bond acceptors (Lipinski definition) is 3. The van der Waals surface area contributed by atoms with E-state index in [4.69, 9.17) is 4.98 Å². The molecule has 9 aromatic rings. The molecular weight excluding hydrogens is 621 g/mol. The monoisotopic (exact) mass is 652 g/mol. The molecule has 240 valence electrons. The van der Waals surface area contributed by atoms with Gasteiger partial charge in [0.1, 0.15) is 0 Å². The molecule has 0 radical (unpaired) electrons. The largest absolute Gasteiger partial charge is 0.373 e. The highest BCUT2D eigenvalue weighted by Gasteiger charge is 2.19. The number of dihydropyridines is 1. The van der Waals surface area contributed by atoms with Gasteiger partial charge in [-0.15, -0.1) is 0 Å². The molecule has 0 amide bonds. The van der Waals surface area contributed by atoms with E-state index in [2.05, 4.69) is 185 Å². The number of nitrogens with zero attached hydrogens (tertiary/aromatic N) is 3. The summed E-state index contributed by atoms with van der Waals surface area (Å²) in [6.07, 6.45) is 10.4. The highest BCUT2D eigenvalue weighted by atomic mass is 15.0. The molecule has 0 saturated heterocycles. The first kappa shape index (κ1) is 29.2. The molecule has 1 unspecified atom stereocenters. The molecule has 4 heterocycles. The summed E-state index contributed by atoms with van der Waals surface area (Å²) >= 11 is 0. The Labute approximate surface area is 295 Å². The van der Waals surface area contributed by atoms with Crippen molar-refractivity contribution in [1.82, 2.24) is 19.9 Å². The van der Waals surface area contributed by atoms with Gasteiger partial charge in [-0.25, -0.2) is 0 Å². The van der Waals surface area contributed by atoms with Crippen LogP contribution in [0.5, 0.6) is 0 Å². The van der Waals surface area contributed by atoms with E-state index in [-0.39, 0.29) is 6.04 Å². The van der Waals surface area contributed by atoms with Crippen LogP contribution in [-0.4, -0.2) is 14.5 Å². The van der Waals surface area contributed by atoms with Crippen molar-refractivity contribution in [3.63, 3.8) is 0 Å². The van der Waals surface area contributed by atoms with Crippen molar-refractivity contribution in [3.8, 4) is 28.1 Å². The molecule has 10 rings (SSSR count). The Balaban J connectivity index is 1.08. The van der Waals surface area contributed by atoms with E-state index < -0.39 is 0 Å². The summed E-state index contributed by atoms with van der Waals surface area (Å²) in [6, 6.07) is 53.9. The summed E-state index contributed by atoms with van der Waals surface area (Å²) in [6.45, 7) is 0. The van der Waals surface area contributed by atoms with Gasteiger partial charge in [-0.2, -0.15) is 0 Å². The van der Waals surface area contributed by atoms with Crippen molar-refractivity contribution in [2.24, 2.45) is 0 Å². The van der Waals surface area contributed by atoms with Crippen LogP contribution in [-0.2, 0) is 0 Å². The number of nitrogens with one attached hydrogen (secondary N) is 1. The first-order valence-electron chi connectivity index (χ1n) is 17.4. The minimum atomic E-state index is -0.0876. The summed E-state index contributed by atoms with van der Waals surface area (Å²) in [4.78, 5) is 9.85. The van der Waals surface area contributed by atoms with Crippen molar-refractivity contribution < 1.29 is 0 Å². The smallest absolute Gasteiger partial charge is 0.0873 e. The number of hydrogen-bond donors (Lipinski definition) is 1. The van der Waals surface area contributed by atoms with E-state index in [0.717, 1.165) is 50.5 Å². The average molecular weight is 653 g/mol. The Hall–Kier alpha value is -6.78. The highest BCUT2D eigenvalue weighted by Crippen LogP contribution is 2.37. The standard InChI is InChI=1S/C47H32N4/c1-2-12-31(13-3-1)33-26-34(28-35(27-33)51-46-23-9-8-18-39(46)40-24-25-48-30-47(40)51)42-19-10-21-44(49-42)45-22-11-20-43(50-45)41-29-32-14-4-5-15-36(32)37-16-6-7-17-38(37)41/h1-30,45,50H. The maximum Gasteiger partial charge on any atom is 0.0873 e. The Bertz CT molecular complexity index is 2790. The van der Waals surface area contributed by atoms with Crippen LogP contribution in [0.3, 0.4) is 0 Å². The predicted octanol–water partition coefficient (Wildman–Crippen LogP) is 11.5. The highest BCUT2D eigenvalue weighted by molar-refractivity contribution is 6.12. The SMILES string of the molecule is C1=CC(c2cccc(-c3cc(-c4ccccc4)cc(-n4c5ccccc5c5ccncc54)c3)n2)NC(c2cc3ccccc3c3ccccc23)=C1. The molecule has 1 atom stereocenters. The molecule has 1 N–H and O–H groups in total. The molecule has 1 aliphatic heterocycles. The topological polar surface area (TPSA) is 42.7 Å². The number of pyridine rings is 2. The van der Waals surface area contributed by atoms with Gasteiger partial charge in [-0.1, -0.05) is 115 Å². The third-order valence-electron chi connectivity index (χ3n) is 10.1. The second-order valence-electron chi connectivity index (χ2n) is 13.1. The molecule has 0 bridgehead atoms. The van der Waals surface area contributed by atoms with Gasteiger partial charge in [0.2, 0.25) is 0 Å². The lowest BCUT2D eigenvalue weighted by atomic mass is 9.94. The van der Waals surface area contributed by atoms with Crippen molar-refractivity contribution in [2.45, 2.75) is 6.04 Å². The van der Waals surface area contributed by atoms with Crippen molar-refractivity contribution in [2.75, 3.05) is 0 Å². The van der Waals surface area contributed by atoms with Gasteiger partial charge < -0.3 is 9.88 Å². The Morgan fingerprint density at radius 2 is 1.29 bits per heavy atom. The summed E-state index contributed by atoms with van der Waals surface area (Å²) in [5.41, 5.74) is 10.8. The fourth-order valence-corrected chi connectivity index (χ4v) is 7.71. The number of aromatic nitrogens is 3. The zero-order valence-electron chi connectivity index (χ0n) is 27.7. The number of allylic oxidation sites excluding steroid dienone is 2. The lowest BCUT2D eigenvalue weighted by Crippen LogP contribution is -2.21. The number of fused-ring (bicyclic) bond motifs is 6. The fraction of sp³-hybridized carbons (Fsp3) is 0.0213. The quantitative estimate of drug-likeness (QED) is 0.188. The lowest BCUT2D eigenvalue weighted by Gasteiger charge is -2.23. The van der Waals surface area contributed by atoms with Gasteiger partial charge in [0, 0.05) is 39.5 Å². The molecule has 0 aliphatic carbocycles. The maximum atomic E-state index is 5.33. The van der Waals surface area contributed by atoms with E-state index in [1.807, 2.05) is 12.4 Å². The second kappa shape index (κ2) is 12.0. The Kier molecular flexibility index (Phi) is 6.85.